The van der Waals surface area contributed by atoms with E-state index in [2.05, 4.69) is 17.2 Å². The van der Waals surface area contributed by atoms with Crippen molar-refractivity contribution in [2.24, 2.45) is 0 Å². The normalized spacial score (nSPS) is 3.90. The van der Waals surface area contributed by atoms with Crippen molar-refractivity contribution in [1.82, 2.24) is 0 Å². The summed E-state index contributed by atoms with van der Waals surface area (Å²) in [6.07, 6.45) is 1.23. The molecule has 0 aromatic rings. The molecule has 0 aliphatic heterocycles. The summed E-state index contributed by atoms with van der Waals surface area (Å²) in [5.74, 6) is 0. The molecule has 7 heteroatoms. The minimum atomic E-state index is -1.42. The van der Waals surface area contributed by atoms with Gasteiger partial charge >= 0.3 is 60.6 Å². The van der Waals surface area contributed by atoms with Crippen LogP contribution >= 0.6 is 0 Å². The molecule has 0 N–H and O–H groups in total. The SMILES string of the molecule is CCC[Si+3].O=[Si]=O.[O-2].[O-2].[Ti+4]. The molecule has 0 aliphatic carbocycles. The van der Waals surface area contributed by atoms with Crippen LogP contribution in [0.3, 0.4) is 0 Å². The van der Waals surface area contributed by atoms with Crippen molar-refractivity contribution in [1.29, 1.82) is 0 Å². The Morgan fingerprint density at radius 2 is 1.40 bits per heavy atom. The van der Waals surface area contributed by atoms with E-state index in [1.807, 2.05) is 0 Å². The first-order valence-electron chi connectivity index (χ1n) is 1.97. The second kappa shape index (κ2) is 54.0. The Bertz CT molecular complexity index is 54.5. The summed E-state index contributed by atoms with van der Waals surface area (Å²) in [7, 11) is 1.87. The van der Waals surface area contributed by atoms with Crippen LogP contribution in [0.5, 0.6) is 0 Å². The maximum absolute atomic E-state index is 8.40. The van der Waals surface area contributed by atoms with E-state index in [0.29, 0.717) is 0 Å². The number of rotatable bonds is 1. The van der Waals surface area contributed by atoms with Gasteiger partial charge in [-0.25, -0.2) is 0 Å². The van der Waals surface area contributed by atoms with E-state index in [0.717, 1.165) is 6.04 Å². The molecule has 0 aromatic heterocycles. The van der Waals surface area contributed by atoms with Gasteiger partial charge in [-0.1, -0.05) is 0 Å². The molecule has 0 spiro atoms. The Labute approximate surface area is 80.6 Å². The van der Waals surface area contributed by atoms with Gasteiger partial charge in [-0.3, -0.25) is 8.92 Å². The summed E-state index contributed by atoms with van der Waals surface area (Å²) in [6, 6.07) is 1.12. The minimum absolute atomic E-state index is 0. The second-order valence-corrected chi connectivity index (χ2v) is 1.50. The molecule has 52 valence electrons. The van der Waals surface area contributed by atoms with E-state index >= 15 is 0 Å². The molecule has 0 saturated heterocycles. The molecule has 4 nitrogen and oxygen atoms in total. The molecule has 0 radical (unpaired) electrons. The van der Waals surface area contributed by atoms with Crippen molar-refractivity contribution in [2.75, 3.05) is 0 Å². The van der Waals surface area contributed by atoms with Crippen LogP contribution in [0, 0.1) is 0 Å². The van der Waals surface area contributed by atoms with Crippen LogP contribution in [-0.2, 0) is 41.6 Å². The Kier molecular flexibility index (Phi) is 168. The Hall–Kier alpha value is 0.668. The Morgan fingerprint density at radius 1 is 1.30 bits per heavy atom. The molecule has 0 atom stereocenters. The summed E-state index contributed by atoms with van der Waals surface area (Å²) in [5, 5.41) is 0. The topological polar surface area (TPSA) is 91.1 Å². The zero-order valence-electron chi connectivity index (χ0n) is 5.55. The van der Waals surface area contributed by atoms with Crippen molar-refractivity contribution < 1.29 is 41.6 Å². The van der Waals surface area contributed by atoms with Crippen LogP contribution in [0.4, 0.5) is 0 Å². The third kappa shape index (κ3) is 183. The predicted molar refractivity (Wildman–Crippen MR) is 29.4 cm³/mol. The van der Waals surface area contributed by atoms with E-state index in [1.165, 1.54) is 6.42 Å². The van der Waals surface area contributed by atoms with Gasteiger partial charge in [0.25, 0.3) is 0 Å². The van der Waals surface area contributed by atoms with Gasteiger partial charge in [-0.05, 0) is 0 Å². The largest absolute Gasteiger partial charge is 4.00 e. The molecule has 0 amide bonds. The Morgan fingerprint density at radius 3 is 1.40 bits per heavy atom. The average Bonchev–Trinajstić information content (AvgIpc) is 1.69. The van der Waals surface area contributed by atoms with E-state index in [9.17, 15) is 0 Å². The van der Waals surface area contributed by atoms with Gasteiger partial charge in [-0.15, -0.1) is 0 Å². The molecular weight excluding hydrogens is 204 g/mol. The molecule has 0 unspecified atom stereocenters. The zero-order chi connectivity index (χ0) is 6.12. The predicted octanol–water partition coefficient (Wildman–Crippen LogP) is 0.125. The maximum atomic E-state index is 8.40. The Balaban J connectivity index is -0.0000000131. The van der Waals surface area contributed by atoms with Gasteiger partial charge in [0.1, 0.15) is 0 Å². The summed E-state index contributed by atoms with van der Waals surface area (Å²) < 4.78 is 16.8. The van der Waals surface area contributed by atoms with Crippen molar-refractivity contribution >= 4 is 19.5 Å². The molecule has 0 heterocycles. The third-order valence-electron chi connectivity index (χ3n) is 0.250. The van der Waals surface area contributed by atoms with E-state index < -0.39 is 9.29 Å². The smallest absolute Gasteiger partial charge is 2.00 e. The fourth-order valence-corrected chi connectivity index (χ4v) is 0. The van der Waals surface area contributed by atoms with Crippen LogP contribution in [-0.4, -0.2) is 19.5 Å². The van der Waals surface area contributed by atoms with Crippen LogP contribution in [0.25, 0.3) is 0 Å². The second-order valence-electron chi connectivity index (χ2n) is 0.833. The van der Waals surface area contributed by atoms with Crippen molar-refractivity contribution in [3.63, 3.8) is 0 Å². The number of hydrogen-bond acceptors (Lipinski definition) is 2. The van der Waals surface area contributed by atoms with Gasteiger partial charge in [0.15, 0.2) is 0 Å². The van der Waals surface area contributed by atoms with Crippen molar-refractivity contribution in [2.45, 2.75) is 19.4 Å². The summed E-state index contributed by atoms with van der Waals surface area (Å²) in [4.78, 5) is 0. The molecular formula is C3H7O4Si2Ti+3. The first-order valence-corrected chi connectivity index (χ1v) is 3.49. The van der Waals surface area contributed by atoms with Crippen LogP contribution in [0.15, 0.2) is 0 Å². The van der Waals surface area contributed by atoms with Gasteiger partial charge in [0.2, 0.25) is 0 Å². The fourth-order valence-electron chi connectivity index (χ4n) is 0. The average molecular weight is 211 g/mol. The van der Waals surface area contributed by atoms with Gasteiger partial charge in [0.05, 0.1) is 0 Å². The standard InChI is InChI=1S/C3H7Si.O2Si.2O.Ti/c1-2-3-4;1-3-2;;;/h2-3H2,1H3;;;;/q+3;;2*-2;+4. The van der Waals surface area contributed by atoms with Crippen LogP contribution in [0.2, 0.25) is 6.04 Å². The quantitative estimate of drug-likeness (QED) is 0.576. The molecule has 0 rings (SSSR count). The van der Waals surface area contributed by atoms with Gasteiger partial charge in [-0.2, -0.15) is 0 Å². The molecule has 0 aliphatic rings. The van der Waals surface area contributed by atoms with Crippen LogP contribution in [0.1, 0.15) is 13.3 Å². The monoisotopic (exact) mass is 211 g/mol. The summed E-state index contributed by atoms with van der Waals surface area (Å²) >= 11 is 0. The number of hydrogen-bond donors (Lipinski definition) is 0. The molecule has 10 heavy (non-hydrogen) atoms. The summed E-state index contributed by atoms with van der Waals surface area (Å²) in [5.41, 5.74) is 0. The maximum Gasteiger partial charge on any atom is 4.00 e. The van der Waals surface area contributed by atoms with E-state index in [4.69, 9.17) is 8.92 Å². The molecule has 0 aromatic carbocycles. The zero-order valence-corrected chi connectivity index (χ0v) is 9.11. The first-order chi connectivity index (χ1) is 3.33. The minimum Gasteiger partial charge on any atom is -2.00 e. The van der Waals surface area contributed by atoms with Gasteiger partial charge in [0, 0.05) is 0 Å². The van der Waals surface area contributed by atoms with Gasteiger partial charge < -0.3 is 11.0 Å². The third-order valence-corrected chi connectivity index (χ3v) is 0.750. The van der Waals surface area contributed by atoms with Crippen molar-refractivity contribution in [3.05, 3.63) is 0 Å². The molecule has 0 fully saturated rings. The summed E-state index contributed by atoms with van der Waals surface area (Å²) in [6.45, 7) is 2.13. The first kappa shape index (κ1) is 31.0. The van der Waals surface area contributed by atoms with Crippen molar-refractivity contribution in [3.8, 4) is 0 Å². The molecule has 0 saturated carbocycles. The van der Waals surface area contributed by atoms with Crippen LogP contribution < -0.4 is 0 Å². The molecule has 0 bridgehead atoms. The van der Waals surface area contributed by atoms with E-state index in [1.54, 1.807) is 0 Å². The fraction of sp³-hybridized carbons (Fsp3) is 1.00. The van der Waals surface area contributed by atoms with E-state index in [-0.39, 0.29) is 32.7 Å².